The second-order valence-electron chi connectivity index (χ2n) is 4.40. The fourth-order valence-corrected chi connectivity index (χ4v) is 1.82. The highest BCUT2D eigenvalue weighted by molar-refractivity contribution is 5.56. The smallest absolute Gasteiger partial charge is 0.148 e. The minimum absolute atomic E-state index is 0.220. The Morgan fingerprint density at radius 1 is 1.28 bits per heavy atom. The summed E-state index contributed by atoms with van der Waals surface area (Å²) >= 11 is 0. The van der Waals surface area contributed by atoms with Crippen LogP contribution in [0.4, 0.5) is 11.6 Å². The highest BCUT2D eigenvalue weighted by Gasteiger charge is 2.10. The molecule has 0 radical (unpaired) electrons. The van der Waals surface area contributed by atoms with Crippen molar-refractivity contribution in [3.63, 3.8) is 0 Å². The molecule has 5 N–H and O–H groups in total. The van der Waals surface area contributed by atoms with Gasteiger partial charge >= 0.3 is 0 Å². The molecule has 0 spiro atoms. The van der Waals surface area contributed by atoms with Gasteiger partial charge in [-0.1, -0.05) is 13.3 Å². The van der Waals surface area contributed by atoms with Crippen molar-refractivity contribution >= 4 is 11.6 Å². The Morgan fingerprint density at radius 3 is 2.50 bits per heavy atom. The van der Waals surface area contributed by atoms with Crippen molar-refractivity contribution in [2.45, 2.75) is 33.6 Å². The molecule has 0 saturated carbocycles. The highest BCUT2D eigenvalue weighted by atomic mass is 16.3. The summed E-state index contributed by atoms with van der Waals surface area (Å²) in [7, 11) is 0. The number of aromatic nitrogens is 2. The highest BCUT2D eigenvalue weighted by Crippen LogP contribution is 2.19. The zero-order valence-corrected chi connectivity index (χ0v) is 11.3. The summed E-state index contributed by atoms with van der Waals surface area (Å²) in [4.78, 5) is 8.58. The minimum Gasteiger partial charge on any atom is -0.396 e. The van der Waals surface area contributed by atoms with E-state index in [4.69, 9.17) is 10.9 Å². The van der Waals surface area contributed by atoms with Crippen molar-refractivity contribution < 1.29 is 5.11 Å². The first-order valence-electron chi connectivity index (χ1n) is 6.28. The molecule has 1 aromatic heterocycles. The van der Waals surface area contributed by atoms with Gasteiger partial charge in [0, 0.05) is 18.7 Å². The van der Waals surface area contributed by atoms with Gasteiger partial charge in [-0.15, -0.1) is 0 Å². The molecule has 1 atom stereocenters. The van der Waals surface area contributed by atoms with E-state index >= 15 is 0 Å². The molecule has 0 aliphatic rings. The van der Waals surface area contributed by atoms with E-state index in [1.54, 1.807) is 0 Å². The number of aliphatic hydroxyl groups excluding tert-OH is 1. The van der Waals surface area contributed by atoms with Crippen LogP contribution in [0.1, 0.15) is 31.2 Å². The van der Waals surface area contributed by atoms with Gasteiger partial charge in [0.1, 0.15) is 17.5 Å². The Balaban J connectivity index is 2.74. The molecule has 18 heavy (non-hydrogen) atoms. The number of hydrazine groups is 1. The predicted molar refractivity (Wildman–Crippen MR) is 73.3 cm³/mol. The Kier molecular flexibility index (Phi) is 5.80. The van der Waals surface area contributed by atoms with E-state index in [-0.39, 0.29) is 6.61 Å². The van der Waals surface area contributed by atoms with Crippen molar-refractivity contribution in [1.29, 1.82) is 0 Å². The number of rotatable bonds is 7. The monoisotopic (exact) mass is 253 g/mol. The third kappa shape index (κ3) is 3.82. The summed E-state index contributed by atoms with van der Waals surface area (Å²) < 4.78 is 0. The fourth-order valence-electron chi connectivity index (χ4n) is 1.82. The topological polar surface area (TPSA) is 96.1 Å². The SMILES string of the molecule is CCC(CCO)CNc1nc(C)nc(NN)c1C. The number of nitrogens with one attached hydrogen (secondary N) is 2. The maximum atomic E-state index is 8.97. The number of aliphatic hydroxyl groups is 1. The van der Waals surface area contributed by atoms with Crippen LogP contribution >= 0.6 is 0 Å². The third-order valence-corrected chi connectivity index (χ3v) is 3.07. The molecule has 6 heteroatoms. The predicted octanol–water partition coefficient (Wildman–Crippen LogP) is 1.20. The van der Waals surface area contributed by atoms with Gasteiger partial charge in [0.05, 0.1) is 0 Å². The number of hydrogen-bond acceptors (Lipinski definition) is 6. The van der Waals surface area contributed by atoms with Crippen molar-refractivity contribution in [1.82, 2.24) is 9.97 Å². The van der Waals surface area contributed by atoms with E-state index in [0.29, 0.717) is 17.6 Å². The molecule has 1 aromatic rings. The van der Waals surface area contributed by atoms with Crippen molar-refractivity contribution in [3.05, 3.63) is 11.4 Å². The van der Waals surface area contributed by atoms with Crippen LogP contribution in [0.5, 0.6) is 0 Å². The normalized spacial score (nSPS) is 12.3. The average Bonchev–Trinajstić information content (AvgIpc) is 2.37. The van der Waals surface area contributed by atoms with Crippen molar-refractivity contribution in [3.8, 4) is 0 Å². The van der Waals surface area contributed by atoms with E-state index in [1.807, 2.05) is 13.8 Å². The van der Waals surface area contributed by atoms with Crippen LogP contribution in [0.25, 0.3) is 0 Å². The molecular weight excluding hydrogens is 230 g/mol. The Morgan fingerprint density at radius 2 is 1.94 bits per heavy atom. The summed E-state index contributed by atoms with van der Waals surface area (Å²) in [5.74, 6) is 7.97. The molecule has 1 heterocycles. The molecule has 0 fully saturated rings. The van der Waals surface area contributed by atoms with Crippen LogP contribution in [0.3, 0.4) is 0 Å². The van der Waals surface area contributed by atoms with Crippen LogP contribution < -0.4 is 16.6 Å². The Hall–Kier alpha value is -1.40. The van der Waals surface area contributed by atoms with Crippen LogP contribution in [0, 0.1) is 19.8 Å². The molecule has 6 nitrogen and oxygen atoms in total. The van der Waals surface area contributed by atoms with E-state index in [9.17, 15) is 0 Å². The first-order valence-corrected chi connectivity index (χ1v) is 6.28. The first kappa shape index (κ1) is 14.7. The van der Waals surface area contributed by atoms with Crippen LogP contribution in [0.2, 0.25) is 0 Å². The molecule has 0 aliphatic carbocycles. The van der Waals surface area contributed by atoms with Gasteiger partial charge in [-0.05, 0) is 26.2 Å². The lowest BCUT2D eigenvalue weighted by Crippen LogP contribution is -2.18. The van der Waals surface area contributed by atoms with Crippen LogP contribution in [0.15, 0.2) is 0 Å². The number of anilines is 2. The second kappa shape index (κ2) is 7.13. The van der Waals surface area contributed by atoms with Crippen molar-refractivity contribution in [2.75, 3.05) is 23.9 Å². The fraction of sp³-hybridized carbons (Fsp3) is 0.667. The Labute approximate surface area is 108 Å². The zero-order chi connectivity index (χ0) is 13.5. The van der Waals surface area contributed by atoms with E-state index in [1.165, 1.54) is 0 Å². The molecule has 1 rings (SSSR count). The number of nitrogens with zero attached hydrogens (tertiary/aromatic N) is 2. The zero-order valence-electron chi connectivity index (χ0n) is 11.3. The van der Waals surface area contributed by atoms with Crippen molar-refractivity contribution in [2.24, 2.45) is 11.8 Å². The summed E-state index contributed by atoms with van der Waals surface area (Å²) in [5.41, 5.74) is 3.48. The quantitative estimate of drug-likeness (QED) is 0.431. The molecule has 1 unspecified atom stereocenters. The molecule has 0 aliphatic heterocycles. The lowest BCUT2D eigenvalue weighted by atomic mass is 10.0. The number of nitrogen functional groups attached to an aromatic ring is 1. The van der Waals surface area contributed by atoms with E-state index in [0.717, 1.165) is 30.8 Å². The molecule has 0 bridgehead atoms. The standard InChI is InChI=1S/C12H23N5O/c1-4-10(5-6-18)7-14-11-8(2)12(17-13)16-9(3)15-11/h10,18H,4-7,13H2,1-3H3,(H2,14,15,16,17). The summed E-state index contributed by atoms with van der Waals surface area (Å²) in [6.07, 6.45) is 1.83. The van der Waals surface area contributed by atoms with Gasteiger partial charge < -0.3 is 15.8 Å². The third-order valence-electron chi connectivity index (χ3n) is 3.07. The van der Waals surface area contributed by atoms with E-state index in [2.05, 4.69) is 27.6 Å². The number of hydrogen-bond donors (Lipinski definition) is 4. The van der Waals surface area contributed by atoms with Gasteiger partial charge in [0.25, 0.3) is 0 Å². The second-order valence-corrected chi connectivity index (χ2v) is 4.40. The van der Waals surface area contributed by atoms with Gasteiger partial charge in [0.2, 0.25) is 0 Å². The molecule has 0 saturated heterocycles. The lowest BCUT2D eigenvalue weighted by Gasteiger charge is -2.17. The first-order chi connectivity index (χ1) is 8.62. The summed E-state index contributed by atoms with van der Waals surface area (Å²) in [6, 6.07) is 0. The maximum absolute atomic E-state index is 8.97. The van der Waals surface area contributed by atoms with Gasteiger partial charge in [-0.25, -0.2) is 15.8 Å². The molecular formula is C12H23N5O. The van der Waals surface area contributed by atoms with Gasteiger partial charge in [-0.2, -0.15) is 0 Å². The van der Waals surface area contributed by atoms with E-state index < -0.39 is 0 Å². The number of nitrogens with two attached hydrogens (primary N) is 1. The molecule has 102 valence electrons. The van der Waals surface area contributed by atoms with Crippen LogP contribution in [-0.4, -0.2) is 28.2 Å². The summed E-state index contributed by atoms with van der Waals surface area (Å²) in [6.45, 7) is 6.88. The largest absolute Gasteiger partial charge is 0.396 e. The van der Waals surface area contributed by atoms with Gasteiger partial charge in [-0.3, -0.25) is 0 Å². The average molecular weight is 253 g/mol. The van der Waals surface area contributed by atoms with Crippen LogP contribution in [-0.2, 0) is 0 Å². The number of aryl methyl sites for hydroxylation is 1. The molecule has 0 amide bonds. The molecule has 0 aromatic carbocycles. The Bertz CT molecular complexity index is 383. The minimum atomic E-state index is 0.220. The lowest BCUT2D eigenvalue weighted by molar-refractivity contribution is 0.258. The summed E-state index contributed by atoms with van der Waals surface area (Å²) in [5, 5.41) is 12.3. The maximum Gasteiger partial charge on any atom is 0.148 e. The van der Waals surface area contributed by atoms with Gasteiger partial charge in [0.15, 0.2) is 0 Å².